The van der Waals surface area contributed by atoms with E-state index in [2.05, 4.69) is 26.8 Å². The summed E-state index contributed by atoms with van der Waals surface area (Å²) in [6, 6.07) is 0. The predicted octanol–water partition coefficient (Wildman–Crippen LogP) is 3.78. The van der Waals surface area contributed by atoms with Crippen molar-refractivity contribution in [2.45, 2.75) is 46.5 Å². The third-order valence-electron chi connectivity index (χ3n) is 3.28. The summed E-state index contributed by atoms with van der Waals surface area (Å²) in [5.41, 5.74) is 1.58. The van der Waals surface area contributed by atoms with Gasteiger partial charge in [-0.25, -0.2) is 0 Å². The van der Waals surface area contributed by atoms with E-state index in [-0.39, 0.29) is 0 Å². The quantitative estimate of drug-likeness (QED) is 0.528. The summed E-state index contributed by atoms with van der Waals surface area (Å²) >= 11 is 0. The highest BCUT2D eigenvalue weighted by molar-refractivity contribution is 5.02. The third-order valence-corrected chi connectivity index (χ3v) is 3.28. The van der Waals surface area contributed by atoms with E-state index in [1.54, 1.807) is 5.57 Å². The molecule has 1 saturated carbocycles. The van der Waals surface area contributed by atoms with E-state index in [4.69, 9.17) is 0 Å². The lowest BCUT2D eigenvalue weighted by Gasteiger charge is -2.19. The van der Waals surface area contributed by atoms with Crippen molar-refractivity contribution in [3.63, 3.8) is 0 Å². The molecule has 1 fully saturated rings. The van der Waals surface area contributed by atoms with Crippen LogP contribution >= 0.6 is 0 Å². The summed E-state index contributed by atoms with van der Waals surface area (Å²) in [5, 5.41) is 0. The van der Waals surface area contributed by atoms with Crippen molar-refractivity contribution in [2.75, 3.05) is 0 Å². The summed E-state index contributed by atoms with van der Waals surface area (Å²) < 4.78 is 0. The Hall–Kier alpha value is -0.260. The fourth-order valence-corrected chi connectivity index (χ4v) is 2.09. The average molecular weight is 152 g/mol. The van der Waals surface area contributed by atoms with Gasteiger partial charge < -0.3 is 0 Å². The van der Waals surface area contributed by atoms with Gasteiger partial charge in [0.25, 0.3) is 0 Å². The van der Waals surface area contributed by atoms with Crippen LogP contribution in [0, 0.1) is 11.8 Å². The van der Waals surface area contributed by atoms with Gasteiger partial charge in [-0.1, -0.05) is 31.4 Å². The van der Waals surface area contributed by atoms with Crippen molar-refractivity contribution >= 4 is 0 Å². The molecule has 11 heavy (non-hydrogen) atoms. The van der Waals surface area contributed by atoms with E-state index in [9.17, 15) is 0 Å². The molecule has 0 saturated heterocycles. The Morgan fingerprint density at radius 3 is 2.36 bits per heavy atom. The van der Waals surface area contributed by atoms with Crippen LogP contribution in [0.2, 0.25) is 0 Å². The van der Waals surface area contributed by atoms with Crippen molar-refractivity contribution < 1.29 is 0 Å². The standard InChI is InChI=1S/C11H20/c1-4-9(2)10(3)11-7-5-6-8-11/h4,10-11H,5-8H2,1-3H3/b9-4-. The maximum absolute atomic E-state index is 2.38. The molecule has 1 unspecified atom stereocenters. The Morgan fingerprint density at radius 2 is 1.91 bits per heavy atom. The van der Waals surface area contributed by atoms with Gasteiger partial charge in [-0.2, -0.15) is 0 Å². The number of allylic oxidation sites excluding steroid dienone is 2. The van der Waals surface area contributed by atoms with E-state index in [0.717, 1.165) is 11.8 Å². The Bertz CT molecular complexity index is 138. The molecule has 0 heteroatoms. The molecule has 1 rings (SSSR count). The minimum atomic E-state index is 0.836. The van der Waals surface area contributed by atoms with Gasteiger partial charge in [0.15, 0.2) is 0 Å². The molecule has 0 radical (unpaired) electrons. The molecule has 0 aromatic carbocycles. The Morgan fingerprint density at radius 1 is 1.36 bits per heavy atom. The zero-order valence-corrected chi connectivity index (χ0v) is 8.06. The lowest BCUT2D eigenvalue weighted by molar-refractivity contribution is 0.415. The molecule has 0 bridgehead atoms. The molecule has 1 aliphatic carbocycles. The zero-order chi connectivity index (χ0) is 8.27. The molecule has 1 aliphatic rings. The Balaban J connectivity index is 2.45. The van der Waals surface area contributed by atoms with Gasteiger partial charge in [0.2, 0.25) is 0 Å². The molecule has 0 nitrogen and oxygen atoms in total. The number of rotatable bonds is 2. The fourth-order valence-electron chi connectivity index (χ4n) is 2.09. The Labute approximate surface area is 70.7 Å². The van der Waals surface area contributed by atoms with Crippen molar-refractivity contribution in [1.29, 1.82) is 0 Å². The van der Waals surface area contributed by atoms with Crippen LogP contribution in [-0.4, -0.2) is 0 Å². The molecular weight excluding hydrogens is 132 g/mol. The highest BCUT2D eigenvalue weighted by atomic mass is 14.3. The summed E-state index contributed by atoms with van der Waals surface area (Å²) in [6.07, 6.45) is 8.12. The largest absolute Gasteiger partial charge is 0.0885 e. The summed E-state index contributed by atoms with van der Waals surface area (Å²) in [7, 11) is 0. The molecule has 1 atom stereocenters. The van der Waals surface area contributed by atoms with Gasteiger partial charge >= 0.3 is 0 Å². The van der Waals surface area contributed by atoms with Crippen LogP contribution in [0.4, 0.5) is 0 Å². The van der Waals surface area contributed by atoms with Crippen LogP contribution in [0.5, 0.6) is 0 Å². The molecule has 0 spiro atoms. The Kier molecular flexibility index (Phi) is 3.16. The second-order valence-corrected chi connectivity index (χ2v) is 3.87. The summed E-state index contributed by atoms with van der Waals surface area (Å²) in [5.74, 6) is 1.83. The van der Waals surface area contributed by atoms with Gasteiger partial charge in [0.1, 0.15) is 0 Å². The molecule has 64 valence electrons. The predicted molar refractivity (Wildman–Crippen MR) is 50.6 cm³/mol. The van der Waals surface area contributed by atoms with E-state index in [0.29, 0.717) is 0 Å². The molecule has 0 N–H and O–H groups in total. The summed E-state index contributed by atoms with van der Waals surface area (Å²) in [6.45, 7) is 6.80. The molecule has 0 aromatic rings. The van der Waals surface area contributed by atoms with Crippen LogP contribution in [0.1, 0.15) is 46.5 Å². The van der Waals surface area contributed by atoms with Crippen LogP contribution in [0.25, 0.3) is 0 Å². The molecule has 0 aromatic heterocycles. The van der Waals surface area contributed by atoms with Gasteiger partial charge in [-0.15, -0.1) is 0 Å². The topological polar surface area (TPSA) is 0 Å². The first kappa shape index (κ1) is 8.83. The minimum absolute atomic E-state index is 0.836. The van der Waals surface area contributed by atoms with Crippen LogP contribution in [-0.2, 0) is 0 Å². The monoisotopic (exact) mass is 152 g/mol. The first-order valence-corrected chi connectivity index (χ1v) is 4.88. The molecule has 0 heterocycles. The van der Waals surface area contributed by atoms with Crippen molar-refractivity contribution in [3.05, 3.63) is 11.6 Å². The van der Waals surface area contributed by atoms with Crippen molar-refractivity contribution in [3.8, 4) is 0 Å². The van der Waals surface area contributed by atoms with E-state index in [1.807, 2.05) is 0 Å². The van der Waals surface area contributed by atoms with E-state index >= 15 is 0 Å². The second-order valence-electron chi connectivity index (χ2n) is 3.87. The van der Waals surface area contributed by atoms with Crippen LogP contribution in [0.15, 0.2) is 11.6 Å². The second kappa shape index (κ2) is 3.94. The van der Waals surface area contributed by atoms with E-state index < -0.39 is 0 Å². The minimum Gasteiger partial charge on any atom is -0.0885 e. The normalized spacial score (nSPS) is 24.1. The van der Waals surface area contributed by atoms with Crippen molar-refractivity contribution in [2.24, 2.45) is 11.8 Å². The zero-order valence-electron chi connectivity index (χ0n) is 8.06. The van der Waals surface area contributed by atoms with Gasteiger partial charge in [-0.3, -0.25) is 0 Å². The number of hydrogen-bond donors (Lipinski definition) is 0. The average Bonchev–Trinajstić information content (AvgIpc) is 2.53. The van der Waals surface area contributed by atoms with Crippen molar-refractivity contribution in [1.82, 2.24) is 0 Å². The molecule has 0 amide bonds. The molecular formula is C11H20. The van der Waals surface area contributed by atoms with Gasteiger partial charge in [0, 0.05) is 0 Å². The molecule has 0 aliphatic heterocycles. The van der Waals surface area contributed by atoms with Gasteiger partial charge in [-0.05, 0) is 38.5 Å². The third kappa shape index (κ3) is 2.08. The number of hydrogen-bond acceptors (Lipinski definition) is 0. The van der Waals surface area contributed by atoms with Gasteiger partial charge in [0.05, 0.1) is 0 Å². The summed E-state index contributed by atoms with van der Waals surface area (Å²) in [4.78, 5) is 0. The smallest absolute Gasteiger partial charge is 0.0206 e. The highest BCUT2D eigenvalue weighted by Gasteiger charge is 2.21. The lowest BCUT2D eigenvalue weighted by Crippen LogP contribution is -2.08. The highest BCUT2D eigenvalue weighted by Crippen LogP contribution is 2.34. The van der Waals surface area contributed by atoms with Crippen LogP contribution in [0.3, 0.4) is 0 Å². The maximum atomic E-state index is 2.38. The van der Waals surface area contributed by atoms with E-state index in [1.165, 1.54) is 25.7 Å². The first-order valence-electron chi connectivity index (χ1n) is 4.88. The first-order chi connectivity index (χ1) is 5.25. The lowest BCUT2D eigenvalue weighted by atomic mass is 9.87. The van der Waals surface area contributed by atoms with Crippen LogP contribution < -0.4 is 0 Å². The SMILES string of the molecule is C/C=C(/C)C(C)C1CCCC1. The fraction of sp³-hybridized carbons (Fsp3) is 0.818. The maximum Gasteiger partial charge on any atom is -0.0206 e.